The second kappa shape index (κ2) is 16.9. The Hall–Kier alpha value is -2.50. The first-order valence-corrected chi connectivity index (χ1v) is 5.53. The van der Waals surface area contributed by atoms with Gasteiger partial charge in [-0.05, 0) is 25.0 Å². The van der Waals surface area contributed by atoms with Gasteiger partial charge < -0.3 is 36.2 Å². The van der Waals surface area contributed by atoms with Crippen LogP contribution in [0.25, 0.3) is 11.6 Å². The number of hydrogen-bond donors (Lipinski definition) is 0. The van der Waals surface area contributed by atoms with E-state index in [2.05, 4.69) is 19.9 Å². The Morgan fingerprint density at radius 2 is 0.958 bits per heavy atom. The molecular weight excluding hydrogens is 376 g/mol. The Morgan fingerprint density at radius 1 is 0.708 bits per heavy atom. The molecule has 0 aliphatic carbocycles. The maximum atomic E-state index is 9.50. The molecule has 0 unspecified atom stereocenters. The van der Waals surface area contributed by atoms with E-state index in [1.54, 1.807) is 36.9 Å². The van der Waals surface area contributed by atoms with Gasteiger partial charge in [-0.3, -0.25) is 0 Å². The van der Waals surface area contributed by atoms with Crippen LogP contribution in [-0.2, 0) is 26.7 Å². The molecule has 2 heterocycles. The molecule has 0 saturated carbocycles. The van der Waals surface area contributed by atoms with Crippen LogP contribution in [0.1, 0.15) is 12.8 Å². The molecule has 11 nitrogen and oxygen atoms in total. The molecule has 0 aromatic carbocycles. The van der Waals surface area contributed by atoms with Crippen LogP contribution in [0.3, 0.4) is 0 Å². The van der Waals surface area contributed by atoms with Gasteiger partial charge in [0.15, 0.2) is 11.6 Å². The van der Waals surface area contributed by atoms with Crippen LogP contribution in [-0.4, -0.2) is 48.3 Å². The molecule has 2 aromatic rings. The summed E-state index contributed by atoms with van der Waals surface area (Å²) >= 11 is 0. The van der Waals surface area contributed by atoms with Crippen molar-refractivity contribution in [2.75, 3.05) is 0 Å². The molecule has 6 N–H and O–H groups in total. The monoisotopic (exact) mass is 391 g/mol. The Labute approximate surface area is 147 Å². The number of rotatable bonds is 4. The van der Waals surface area contributed by atoms with E-state index >= 15 is 0 Å². The molecule has 12 heteroatoms. The van der Waals surface area contributed by atoms with Crippen LogP contribution in [0.5, 0.6) is 0 Å². The van der Waals surface area contributed by atoms with E-state index in [-0.39, 0.29) is 33.5 Å². The van der Waals surface area contributed by atoms with Gasteiger partial charge in [-0.1, -0.05) is 0 Å². The van der Waals surface area contributed by atoms with Crippen LogP contribution < -0.4 is 10.2 Å². The standard InChI is InChI=1S/C8H6N4.C4H6O4.Cu.3H2O/c1-3-9-7(10-4-1)8-11-5-2-6-12-8;5-3(6)1-2-4(7)8;;;;/h1-6H;1-2H2,(H,5,6)(H,7,8);;3*1H2/q;;+2;;;/p-2. The average Bonchev–Trinajstić information content (AvgIpc) is 2.48. The van der Waals surface area contributed by atoms with Gasteiger partial charge in [0.25, 0.3) is 0 Å². The van der Waals surface area contributed by atoms with E-state index in [0.29, 0.717) is 11.6 Å². The van der Waals surface area contributed by atoms with Gasteiger partial charge >= 0.3 is 17.1 Å². The van der Waals surface area contributed by atoms with Crippen LogP contribution in [0, 0.1) is 0 Å². The largest absolute Gasteiger partial charge is 2.00 e. The van der Waals surface area contributed by atoms with E-state index in [4.69, 9.17) is 0 Å². The number of nitrogens with zero attached hydrogens (tertiary/aromatic N) is 4. The normalized spacial score (nSPS) is 7.67. The van der Waals surface area contributed by atoms with E-state index < -0.39 is 24.8 Å². The predicted octanol–water partition coefficient (Wildman–Crippen LogP) is -4.28. The number of carboxylic acids is 2. The van der Waals surface area contributed by atoms with Gasteiger partial charge in [-0.25, -0.2) is 19.9 Å². The van der Waals surface area contributed by atoms with Crippen LogP contribution >= 0.6 is 0 Å². The van der Waals surface area contributed by atoms with Crippen molar-refractivity contribution in [3.05, 3.63) is 36.9 Å². The van der Waals surface area contributed by atoms with Gasteiger partial charge in [0.2, 0.25) is 0 Å². The molecule has 2 aromatic heterocycles. The van der Waals surface area contributed by atoms with Gasteiger partial charge in [0, 0.05) is 36.7 Å². The van der Waals surface area contributed by atoms with Crippen molar-refractivity contribution in [2.45, 2.75) is 12.8 Å². The van der Waals surface area contributed by atoms with Crippen molar-refractivity contribution >= 4 is 11.9 Å². The fraction of sp³-hybridized carbons (Fsp3) is 0.167. The predicted molar refractivity (Wildman–Crippen MR) is 73.1 cm³/mol. The van der Waals surface area contributed by atoms with Gasteiger partial charge in [0.05, 0.1) is 0 Å². The molecular formula is C12H16CuN4O7. The van der Waals surface area contributed by atoms with Gasteiger partial charge in [-0.15, -0.1) is 0 Å². The molecule has 137 valence electrons. The molecule has 0 aliphatic heterocycles. The molecule has 0 saturated heterocycles. The summed E-state index contributed by atoms with van der Waals surface area (Å²) in [6.07, 6.45) is 5.72. The number of carbonyl (C=O) groups is 2. The Bertz CT molecular complexity index is 508. The van der Waals surface area contributed by atoms with E-state index in [1.165, 1.54) is 0 Å². The second-order valence-electron chi connectivity index (χ2n) is 3.39. The second-order valence-corrected chi connectivity index (χ2v) is 3.39. The molecule has 0 fully saturated rings. The SMILES string of the molecule is O.O.O.O=C([O-])CCC(=O)[O-].[Cu+2].c1cnc(-c2ncccn2)nc1. The molecule has 0 bridgehead atoms. The minimum absolute atomic E-state index is 0. The maximum Gasteiger partial charge on any atom is 2.00 e. The zero-order valence-electron chi connectivity index (χ0n) is 12.1. The average molecular weight is 392 g/mol. The van der Waals surface area contributed by atoms with Crippen LogP contribution in [0.15, 0.2) is 36.9 Å². The van der Waals surface area contributed by atoms with Crippen LogP contribution in [0.4, 0.5) is 0 Å². The van der Waals surface area contributed by atoms with E-state index in [1.807, 2.05) is 0 Å². The minimum Gasteiger partial charge on any atom is -0.550 e. The van der Waals surface area contributed by atoms with Gasteiger partial charge in [0.1, 0.15) is 0 Å². The van der Waals surface area contributed by atoms with Crippen molar-refractivity contribution in [1.29, 1.82) is 0 Å². The summed E-state index contributed by atoms with van der Waals surface area (Å²) in [7, 11) is 0. The topological polar surface area (TPSA) is 226 Å². The maximum absolute atomic E-state index is 9.50. The quantitative estimate of drug-likeness (QED) is 0.462. The Kier molecular flexibility index (Phi) is 20.7. The fourth-order valence-corrected chi connectivity index (χ4v) is 1.03. The van der Waals surface area contributed by atoms with E-state index in [9.17, 15) is 19.8 Å². The van der Waals surface area contributed by atoms with Crippen molar-refractivity contribution in [2.24, 2.45) is 0 Å². The first kappa shape index (κ1) is 29.5. The third kappa shape index (κ3) is 13.2. The zero-order valence-corrected chi connectivity index (χ0v) is 13.0. The fourth-order valence-electron chi connectivity index (χ4n) is 1.03. The molecule has 0 spiro atoms. The van der Waals surface area contributed by atoms with Crippen molar-refractivity contribution < 1.29 is 53.3 Å². The first-order chi connectivity index (χ1) is 9.59. The molecule has 1 radical (unpaired) electrons. The summed E-state index contributed by atoms with van der Waals surface area (Å²) in [5.74, 6) is -1.63. The Morgan fingerprint density at radius 3 is 1.17 bits per heavy atom. The number of carbonyl (C=O) groups excluding carboxylic acids is 2. The number of carboxylic acid groups (broad SMARTS) is 2. The molecule has 0 atom stereocenters. The van der Waals surface area contributed by atoms with Crippen molar-refractivity contribution in [1.82, 2.24) is 19.9 Å². The first-order valence-electron chi connectivity index (χ1n) is 5.53. The van der Waals surface area contributed by atoms with E-state index in [0.717, 1.165) is 0 Å². The van der Waals surface area contributed by atoms with Crippen molar-refractivity contribution in [3.63, 3.8) is 0 Å². The Balaban J connectivity index is -0.000000152. The smallest absolute Gasteiger partial charge is 0.550 e. The van der Waals surface area contributed by atoms with Crippen molar-refractivity contribution in [3.8, 4) is 11.6 Å². The minimum atomic E-state index is -1.37. The summed E-state index contributed by atoms with van der Waals surface area (Å²) < 4.78 is 0. The summed E-state index contributed by atoms with van der Waals surface area (Å²) in [6, 6.07) is 3.51. The molecule has 0 aliphatic rings. The molecule has 24 heavy (non-hydrogen) atoms. The number of hydrogen-bond acceptors (Lipinski definition) is 8. The molecule has 2 rings (SSSR count). The zero-order chi connectivity index (χ0) is 14.8. The summed E-state index contributed by atoms with van der Waals surface area (Å²) in [5.41, 5.74) is 0. The third-order valence-electron chi connectivity index (χ3n) is 1.86. The van der Waals surface area contributed by atoms with Crippen LogP contribution in [0.2, 0.25) is 0 Å². The number of aliphatic carboxylic acids is 2. The summed E-state index contributed by atoms with van der Waals surface area (Å²) in [4.78, 5) is 35.1. The number of aromatic nitrogens is 4. The summed E-state index contributed by atoms with van der Waals surface area (Å²) in [5, 5.41) is 19.0. The third-order valence-corrected chi connectivity index (χ3v) is 1.86. The summed E-state index contributed by atoms with van der Waals surface area (Å²) in [6.45, 7) is 0. The van der Waals surface area contributed by atoms with Gasteiger partial charge in [-0.2, -0.15) is 0 Å². The molecule has 0 amide bonds.